The van der Waals surface area contributed by atoms with E-state index in [1.54, 1.807) is 0 Å². The predicted octanol–water partition coefficient (Wildman–Crippen LogP) is 0.997. The summed E-state index contributed by atoms with van der Waals surface area (Å²) in [4.78, 5) is 4.02. The van der Waals surface area contributed by atoms with Crippen LogP contribution in [0.5, 0.6) is 5.75 Å². The van der Waals surface area contributed by atoms with Crippen LogP contribution in [-0.4, -0.2) is 21.8 Å². The van der Waals surface area contributed by atoms with Gasteiger partial charge in [-0.3, -0.25) is 5.10 Å². The topological polar surface area (TPSA) is 86.6 Å². The van der Waals surface area contributed by atoms with Crippen molar-refractivity contribution in [3.63, 3.8) is 0 Å². The average Bonchev–Trinajstić information content (AvgIpc) is 2.91. The smallest absolute Gasteiger partial charge is 0.174 e. The minimum absolute atomic E-state index is 0.0725. The van der Waals surface area contributed by atoms with Gasteiger partial charge in [0.15, 0.2) is 6.61 Å². The number of benzene rings is 1. The second-order valence-electron chi connectivity index (χ2n) is 3.63. The highest BCUT2D eigenvalue weighted by Crippen LogP contribution is 2.11. The molecule has 0 atom stereocenters. The highest BCUT2D eigenvalue weighted by atomic mass is 16.5. The molecule has 0 bridgehead atoms. The summed E-state index contributed by atoms with van der Waals surface area (Å²) in [6.45, 7) is 1.45. The Morgan fingerprint density at radius 2 is 2.11 bits per heavy atom. The van der Waals surface area contributed by atoms with Crippen molar-refractivity contribution < 1.29 is 4.74 Å². The molecule has 2 rings (SSSR count). The van der Waals surface area contributed by atoms with Crippen molar-refractivity contribution in [1.29, 1.82) is 5.26 Å². The Balaban J connectivity index is 1.78. The molecule has 6 heteroatoms. The van der Waals surface area contributed by atoms with Crippen molar-refractivity contribution in [2.24, 2.45) is 0 Å². The number of hydrogen-bond acceptors (Lipinski definition) is 5. The van der Waals surface area contributed by atoms with Gasteiger partial charge in [-0.25, -0.2) is 4.98 Å². The molecule has 0 aliphatic heterocycles. The quantitative estimate of drug-likeness (QED) is 0.790. The number of nitrogens with zero attached hydrogens (tertiary/aromatic N) is 3. The van der Waals surface area contributed by atoms with Gasteiger partial charge < -0.3 is 10.1 Å². The summed E-state index contributed by atoms with van der Waals surface area (Å²) in [5.41, 5.74) is 1.14. The molecule has 1 aromatic heterocycles. The normalized spacial score (nSPS) is 9.94. The lowest BCUT2D eigenvalue weighted by atomic mass is 10.2. The molecular formula is C12H13N5O. The number of H-pyrrole nitrogens is 1. The minimum atomic E-state index is 0.0725. The lowest BCUT2D eigenvalue weighted by molar-refractivity contribution is 0.368. The maximum Gasteiger partial charge on any atom is 0.174 e. The third-order valence-corrected chi connectivity index (χ3v) is 2.31. The van der Waals surface area contributed by atoms with Gasteiger partial charge in [0.05, 0.1) is 6.54 Å². The predicted molar refractivity (Wildman–Crippen MR) is 64.5 cm³/mol. The molecule has 0 aliphatic carbocycles. The number of aromatic nitrogens is 3. The Bertz CT molecular complexity index is 500. The van der Waals surface area contributed by atoms with Crippen molar-refractivity contribution in [3.05, 3.63) is 42.0 Å². The zero-order chi connectivity index (χ0) is 12.6. The van der Waals surface area contributed by atoms with Crippen LogP contribution in [0.3, 0.4) is 0 Å². The number of rotatable bonds is 6. The summed E-state index contributed by atoms with van der Waals surface area (Å²) < 4.78 is 5.17. The summed E-state index contributed by atoms with van der Waals surface area (Å²) in [5.74, 6) is 1.51. The molecule has 92 valence electrons. The van der Waals surface area contributed by atoms with Crippen LogP contribution in [0.25, 0.3) is 0 Å². The fraction of sp³-hybridized carbons (Fsp3) is 0.250. The molecule has 0 unspecified atom stereocenters. The van der Waals surface area contributed by atoms with Crippen LogP contribution < -0.4 is 10.1 Å². The van der Waals surface area contributed by atoms with E-state index in [1.165, 1.54) is 6.33 Å². The van der Waals surface area contributed by atoms with Crippen LogP contribution in [0, 0.1) is 11.3 Å². The van der Waals surface area contributed by atoms with Crippen molar-refractivity contribution in [2.75, 3.05) is 6.61 Å². The molecule has 2 N–H and O–H groups in total. The summed E-state index contributed by atoms with van der Waals surface area (Å²) in [7, 11) is 0. The van der Waals surface area contributed by atoms with Gasteiger partial charge in [0.1, 0.15) is 24.0 Å². The molecule has 18 heavy (non-hydrogen) atoms. The number of aromatic amines is 1. The Labute approximate surface area is 105 Å². The van der Waals surface area contributed by atoms with E-state index in [1.807, 2.05) is 30.3 Å². The molecule has 1 aromatic carbocycles. The second kappa shape index (κ2) is 6.37. The van der Waals surface area contributed by atoms with Gasteiger partial charge in [-0.1, -0.05) is 12.1 Å². The molecule has 0 saturated heterocycles. The van der Waals surface area contributed by atoms with E-state index in [9.17, 15) is 0 Å². The van der Waals surface area contributed by atoms with E-state index in [4.69, 9.17) is 10.00 Å². The zero-order valence-electron chi connectivity index (χ0n) is 9.76. The molecule has 2 aromatic rings. The monoisotopic (exact) mass is 243 g/mol. The van der Waals surface area contributed by atoms with Gasteiger partial charge in [0, 0.05) is 6.54 Å². The van der Waals surface area contributed by atoms with Gasteiger partial charge in [0.2, 0.25) is 0 Å². The number of ether oxygens (including phenoxy) is 1. The van der Waals surface area contributed by atoms with E-state index < -0.39 is 0 Å². The van der Waals surface area contributed by atoms with Gasteiger partial charge >= 0.3 is 0 Å². The largest absolute Gasteiger partial charge is 0.479 e. The zero-order valence-corrected chi connectivity index (χ0v) is 9.76. The standard InChI is InChI=1S/C12H13N5O/c13-5-6-18-11-3-1-10(2-4-11)7-14-8-12-15-9-16-17-12/h1-4,9,14H,6-8H2,(H,15,16,17). The highest BCUT2D eigenvalue weighted by molar-refractivity contribution is 5.27. The second-order valence-corrected chi connectivity index (χ2v) is 3.63. The fourth-order valence-electron chi connectivity index (χ4n) is 1.46. The Hall–Kier alpha value is -2.39. The van der Waals surface area contributed by atoms with Gasteiger partial charge in [-0.05, 0) is 17.7 Å². The van der Waals surface area contributed by atoms with Crippen LogP contribution >= 0.6 is 0 Å². The lowest BCUT2D eigenvalue weighted by Gasteiger charge is -2.05. The number of nitrogens with one attached hydrogen (secondary N) is 2. The van der Waals surface area contributed by atoms with Crippen molar-refractivity contribution in [3.8, 4) is 11.8 Å². The van der Waals surface area contributed by atoms with Gasteiger partial charge in [-0.15, -0.1) is 0 Å². The first-order valence-corrected chi connectivity index (χ1v) is 5.52. The Morgan fingerprint density at radius 1 is 1.28 bits per heavy atom. The molecule has 0 fully saturated rings. The first-order valence-electron chi connectivity index (χ1n) is 5.52. The number of hydrogen-bond donors (Lipinski definition) is 2. The fourth-order valence-corrected chi connectivity index (χ4v) is 1.46. The van der Waals surface area contributed by atoms with Crippen LogP contribution in [0.4, 0.5) is 0 Å². The third-order valence-electron chi connectivity index (χ3n) is 2.31. The maximum absolute atomic E-state index is 8.39. The molecule has 0 aliphatic rings. The molecular weight excluding hydrogens is 230 g/mol. The minimum Gasteiger partial charge on any atom is -0.479 e. The van der Waals surface area contributed by atoms with Gasteiger partial charge in [0.25, 0.3) is 0 Å². The van der Waals surface area contributed by atoms with Crippen LogP contribution in [0.15, 0.2) is 30.6 Å². The SMILES string of the molecule is N#CCOc1ccc(CNCc2ncn[nH]2)cc1. The summed E-state index contributed by atoms with van der Waals surface area (Å²) in [6.07, 6.45) is 1.48. The molecule has 1 heterocycles. The Morgan fingerprint density at radius 3 is 2.78 bits per heavy atom. The van der Waals surface area contributed by atoms with E-state index in [0.29, 0.717) is 12.3 Å². The molecule has 0 spiro atoms. The summed E-state index contributed by atoms with van der Waals surface area (Å²) in [5, 5.41) is 18.2. The number of nitriles is 1. The van der Waals surface area contributed by atoms with Crippen molar-refractivity contribution >= 4 is 0 Å². The van der Waals surface area contributed by atoms with Crippen LogP contribution in [0.2, 0.25) is 0 Å². The Kier molecular flexibility index (Phi) is 4.27. The average molecular weight is 243 g/mol. The first kappa shape index (κ1) is 12.1. The van der Waals surface area contributed by atoms with Crippen molar-refractivity contribution in [1.82, 2.24) is 20.5 Å². The van der Waals surface area contributed by atoms with E-state index >= 15 is 0 Å². The van der Waals surface area contributed by atoms with Crippen molar-refractivity contribution in [2.45, 2.75) is 13.1 Å². The van der Waals surface area contributed by atoms with Gasteiger partial charge in [-0.2, -0.15) is 10.4 Å². The first-order chi connectivity index (χ1) is 8.88. The van der Waals surface area contributed by atoms with Crippen LogP contribution in [-0.2, 0) is 13.1 Å². The maximum atomic E-state index is 8.39. The third kappa shape index (κ3) is 3.57. The van der Waals surface area contributed by atoms with E-state index in [-0.39, 0.29) is 6.61 Å². The summed E-state index contributed by atoms with van der Waals surface area (Å²) in [6, 6.07) is 9.55. The van der Waals surface area contributed by atoms with E-state index in [2.05, 4.69) is 20.5 Å². The molecule has 0 radical (unpaired) electrons. The lowest BCUT2D eigenvalue weighted by Crippen LogP contribution is -2.13. The molecule has 0 saturated carbocycles. The van der Waals surface area contributed by atoms with Crippen LogP contribution in [0.1, 0.15) is 11.4 Å². The molecule has 6 nitrogen and oxygen atoms in total. The highest BCUT2D eigenvalue weighted by Gasteiger charge is 1.97. The summed E-state index contributed by atoms with van der Waals surface area (Å²) >= 11 is 0. The molecule has 0 amide bonds. The van der Waals surface area contributed by atoms with E-state index in [0.717, 1.165) is 17.9 Å².